The zero-order valence-corrected chi connectivity index (χ0v) is 14.2. The summed E-state index contributed by atoms with van der Waals surface area (Å²) in [5.41, 5.74) is 0. The van der Waals surface area contributed by atoms with E-state index in [9.17, 15) is 9.59 Å². The second-order valence-electron chi connectivity index (χ2n) is 4.98. The van der Waals surface area contributed by atoms with Crippen molar-refractivity contribution >= 4 is 58.2 Å². The minimum Gasteiger partial charge on any atom is -0.340 e. The van der Waals surface area contributed by atoms with Crippen molar-refractivity contribution in [2.24, 2.45) is 5.92 Å². The fraction of sp³-hybridized carbons (Fsp3) is 0.833. The number of carbonyl (C=O) groups is 2. The van der Waals surface area contributed by atoms with Crippen LogP contribution in [0.15, 0.2) is 0 Å². The Morgan fingerprint density at radius 2 is 1.25 bits per heavy atom. The Kier molecular flexibility index (Phi) is 7.73. The maximum absolute atomic E-state index is 11.9. The van der Waals surface area contributed by atoms with Crippen LogP contribution in [0.2, 0.25) is 0 Å². The SMILES string of the molecule is CC1CN(C(=O)C(Cl)Cl)CCCCN(C(=O)C(Cl)Cl)C1. The molecule has 0 saturated carbocycles. The lowest BCUT2D eigenvalue weighted by Gasteiger charge is -2.28. The van der Waals surface area contributed by atoms with Crippen molar-refractivity contribution in [1.29, 1.82) is 0 Å². The highest BCUT2D eigenvalue weighted by molar-refractivity contribution is 6.53. The van der Waals surface area contributed by atoms with E-state index < -0.39 is 9.67 Å². The minimum absolute atomic E-state index is 0.0974. The van der Waals surface area contributed by atoms with Gasteiger partial charge in [-0.3, -0.25) is 9.59 Å². The van der Waals surface area contributed by atoms with Gasteiger partial charge in [-0.1, -0.05) is 53.3 Å². The topological polar surface area (TPSA) is 40.6 Å². The van der Waals surface area contributed by atoms with Crippen LogP contribution in [0.4, 0.5) is 0 Å². The Morgan fingerprint density at radius 1 is 0.900 bits per heavy atom. The van der Waals surface area contributed by atoms with E-state index in [1.807, 2.05) is 6.92 Å². The summed E-state index contributed by atoms with van der Waals surface area (Å²) in [6.45, 7) is 4.15. The summed E-state index contributed by atoms with van der Waals surface area (Å²) >= 11 is 22.6. The number of amides is 2. The van der Waals surface area contributed by atoms with Crippen molar-refractivity contribution in [2.45, 2.75) is 29.4 Å². The van der Waals surface area contributed by atoms with Gasteiger partial charge in [-0.25, -0.2) is 0 Å². The molecule has 2 amide bonds. The van der Waals surface area contributed by atoms with Gasteiger partial charge in [0.25, 0.3) is 11.8 Å². The van der Waals surface area contributed by atoms with E-state index >= 15 is 0 Å². The van der Waals surface area contributed by atoms with Crippen LogP contribution in [-0.2, 0) is 9.59 Å². The third kappa shape index (κ3) is 5.47. The molecule has 1 fully saturated rings. The Bertz CT molecular complexity index is 320. The molecule has 1 aliphatic rings. The largest absolute Gasteiger partial charge is 0.340 e. The van der Waals surface area contributed by atoms with Crippen LogP contribution >= 0.6 is 46.4 Å². The van der Waals surface area contributed by atoms with E-state index in [0.29, 0.717) is 26.2 Å². The molecular weight excluding hydrogens is 346 g/mol. The summed E-state index contributed by atoms with van der Waals surface area (Å²) in [5.74, 6) is -0.472. The predicted molar refractivity (Wildman–Crippen MR) is 82.5 cm³/mol. The van der Waals surface area contributed by atoms with Gasteiger partial charge in [0.1, 0.15) is 0 Å². The van der Waals surface area contributed by atoms with Crippen LogP contribution in [0.1, 0.15) is 19.8 Å². The Hall–Kier alpha value is 0.1000. The quantitative estimate of drug-likeness (QED) is 0.707. The maximum atomic E-state index is 11.9. The minimum atomic E-state index is -1.05. The lowest BCUT2D eigenvalue weighted by Crippen LogP contribution is -2.42. The first-order valence-corrected chi connectivity index (χ1v) is 8.21. The summed E-state index contributed by atoms with van der Waals surface area (Å²) in [7, 11) is 0. The van der Waals surface area contributed by atoms with Gasteiger partial charge in [0, 0.05) is 26.2 Å². The van der Waals surface area contributed by atoms with E-state index in [2.05, 4.69) is 0 Å². The molecule has 0 bridgehead atoms. The van der Waals surface area contributed by atoms with Crippen LogP contribution in [0.5, 0.6) is 0 Å². The Balaban J connectivity index is 2.71. The zero-order valence-electron chi connectivity index (χ0n) is 11.2. The molecule has 1 rings (SSSR count). The number of alkyl halides is 4. The van der Waals surface area contributed by atoms with E-state index in [1.165, 1.54) is 0 Å². The fourth-order valence-electron chi connectivity index (χ4n) is 2.27. The molecule has 0 N–H and O–H groups in total. The first kappa shape index (κ1) is 18.1. The molecule has 0 aromatic heterocycles. The summed E-state index contributed by atoms with van der Waals surface area (Å²) in [4.78, 5) is 25.0. The van der Waals surface area contributed by atoms with Crippen LogP contribution in [0.25, 0.3) is 0 Å². The molecular formula is C12H18Cl4N2O2. The fourth-order valence-corrected chi connectivity index (χ4v) is 2.83. The number of halogens is 4. The third-order valence-corrected chi connectivity index (χ3v) is 3.91. The third-order valence-electron chi connectivity index (χ3n) is 3.17. The maximum Gasteiger partial charge on any atom is 0.255 e. The van der Waals surface area contributed by atoms with Gasteiger partial charge in [-0.2, -0.15) is 0 Å². The Labute approximate surface area is 139 Å². The monoisotopic (exact) mass is 362 g/mol. The lowest BCUT2D eigenvalue weighted by atomic mass is 10.1. The van der Waals surface area contributed by atoms with Crippen LogP contribution < -0.4 is 0 Å². The van der Waals surface area contributed by atoms with Crippen molar-refractivity contribution in [3.63, 3.8) is 0 Å². The zero-order chi connectivity index (χ0) is 15.3. The highest BCUT2D eigenvalue weighted by atomic mass is 35.5. The number of nitrogens with zero attached hydrogens (tertiary/aromatic N) is 2. The molecule has 1 heterocycles. The average molecular weight is 364 g/mol. The highest BCUT2D eigenvalue weighted by Gasteiger charge is 2.27. The molecule has 1 saturated heterocycles. The molecule has 4 nitrogen and oxygen atoms in total. The van der Waals surface area contributed by atoms with Gasteiger partial charge >= 0.3 is 0 Å². The standard InChI is InChI=1S/C12H18Cl4N2O2/c1-8-6-17(11(19)9(13)14)4-2-3-5-18(7-8)12(20)10(15)16/h8-10H,2-7H2,1H3. The second kappa shape index (κ2) is 8.52. The first-order valence-electron chi connectivity index (χ1n) is 6.46. The van der Waals surface area contributed by atoms with Gasteiger partial charge in [0.05, 0.1) is 0 Å². The lowest BCUT2D eigenvalue weighted by molar-refractivity contribution is -0.130. The van der Waals surface area contributed by atoms with E-state index in [4.69, 9.17) is 46.4 Å². The summed E-state index contributed by atoms with van der Waals surface area (Å²) in [5, 5.41) is 0. The molecule has 0 radical (unpaired) electrons. The van der Waals surface area contributed by atoms with Crippen LogP contribution in [0.3, 0.4) is 0 Å². The van der Waals surface area contributed by atoms with Crippen molar-refractivity contribution in [3.05, 3.63) is 0 Å². The molecule has 0 aliphatic carbocycles. The van der Waals surface area contributed by atoms with Crippen molar-refractivity contribution in [3.8, 4) is 0 Å². The second-order valence-corrected chi connectivity index (χ2v) is 7.17. The van der Waals surface area contributed by atoms with Crippen LogP contribution in [0, 0.1) is 5.92 Å². The van der Waals surface area contributed by atoms with E-state index in [0.717, 1.165) is 12.8 Å². The first-order chi connectivity index (χ1) is 9.32. The molecule has 1 aliphatic heterocycles. The summed E-state index contributed by atoms with van der Waals surface area (Å²) in [6.07, 6.45) is 1.55. The van der Waals surface area contributed by atoms with Crippen molar-refractivity contribution in [2.75, 3.05) is 26.2 Å². The highest BCUT2D eigenvalue weighted by Crippen LogP contribution is 2.16. The molecule has 0 aromatic rings. The summed E-state index contributed by atoms with van der Waals surface area (Å²) < 4.78 is 0. The predicted octanol–water partition coefficient (Wildman–Crippen LogP) is 2.68. The summed E-state index contributed by atoms with van der Waals surface area (Å²) in [6, 6.07) is 0. The van der Waals surface area contributed by atoms with Gasteiger partial charge in [-0.15, -0.1) is 0 Å². The molecule has 0 aromatic carbocycles. The smallest absolute Gasteiger partial charge is 0.255 e. The van der Waals surface area contributed by atoms with Gasteiger partial charge in [0.2, 0.25) is 0 Å². The van der Waals surface area contributed by atoms with E-state index in [-0.39, 0.29) is 17.7 Å². The molecule has 8 heteroatoms. The van der Waals surface area contributed by atoms with Crippen LogP contribution in [-0.4, -0.2) is 57.5 Å². The molecule has 0 spiro atoms. The molecule has 0 atom stereocenters. The molecule has 20 heavy (non-hydrogen) atoms. The molecule has 0 unspecified atom stereocenters. The Morgan fingerprint density at radius 3 is 1.55 bits per heavy atom. The van der Waals surface area contributed by atoms with Crippen molar-refractivity contribution in [1.82, 2.24) is 9.80 Å². The van der Waals surface area contributed by atoms with Gasteiger partial charge in [0.15, 0.2) is 9.67 Å². The average Bonchev–Trinajstić information content (AvgIpc) is 2.46. The number of carbonyl (C=O) groups excluding carboxylic acids is 2. The molecule has 116 valence electrons. The number of hydrogen-bond donors (Lipinski definition) is 0. The normalized spacial score (nSPS) is 18.9. The van der Waals surface area contributed by atoms with Gasteiger partial charge < -0.3 is 9.80 Å². The number of rotatable bonds is 2. The van der Waals surface area contributed by atoms with E-state index in [1.54, 1.807) is 9.80 Å². The van der Waals surface area contributed by atoms with Gasteiger partial charge in [-0.05, 0) is 18.8 Å². The number of hydrogen-bond acceptors (Lipinski definition) is 2. The van der Waals surface area contributed by atoms with Crippen molar-refractivity contribution < 1.29 is 9.59 Å².